The molecule has 1 saturated heterocycles. The number of ether oxygens (including phenoxy) is 1. The molecule has 1 aliphatic heterocycles. The van der Waals surface area contributed by atoms with Crippen molar-refractivity contribution in [2.24, 2.45) is 5.73 Å². The van der Waals surface area contributed by atoms with Crippen LogP contribution in [0.1, 0.15) is 44.9 Å². The number of sulfonamides is 1. The summed E-state index contributed by atoms with van der Waals surface area (Å²) in [5, 5.41) is -0.225. The third kappa shape index (κ3) is 3.23. The Morgan fingerprint density at radius 1 is 1.17 bits per heavy atom. The summed E-state index contributed by atoms with van der Waals surface area (Å²) in [5.74, 6) is 0. The Hall–Kier alpha value is -0.170. The first kappa shape index (κ1) is 14.2. The lowest BCUT2D eigenvalue weighted by Crippen LogP contribution is -2.58. The molecule has 1 saturated carbocycles. The molecule has 0 spiro atoms. The molecule has 0 atom stereocenters. The molecule has 6 heteroatoms. The van der Waals surface area contributed by atoms with E-state index in [0.717, 1.165) is 32.1 Å². The van der Waals surface area contributed by atoms with E-state index in [9.17, 15) is 8.42 Å². The zero-order valence-corrected chi connectivity index (χ0v) is 11.7. The molecule has 0 aromatic rings. The molecule has 0 bridgehead atoms. The Morgan fingerprint density at radius 3 is 2.33 bits per heavy atom. The topological polar surface area (TPSA) is 81.4 Å². The molecule has 18 heavy (non-hydrogen) atoms. The fraction of sp³-hybridized carbons (Fsp3) is 1.00. The second kappa shape index (κ2) is 5.86. The molecule has 2 aliphatic rings. The highest BCUT2D eigenvalue weighted by atomic mass is 32.2. The van der Waals surface area contributed by atoms with Crippen molar-refractivity contribution in [3.05, 3.63) is 0 Å². The van der Waals surface area contributed by atoms with Crippen molar-refractivity contribution in [1.29, 1.82) is 0 Å². The van der Waals surface area contributed by atoms with Crippen LogP contribution in [0.5, 0.6) is 0 Å². The summed E-state index contributed by atoms with van der Waals surface area (Å²) in [6, 6.07) is 0. The van der Waals surface area contributed by atoms with Gasteiger partial charge in [0, 0.05) is 25.3 Å². The van der Waals surface area contributed by atoms with Gasteiger partial charge >= 0.3 is 0 Å². The van der Waals surface area contributed by atoms with Gasteiger partial charge in [0.2, 0.25) is 10.0 Å². The van der Waals surface area contributed by atoms with E-state index in [1.54, 1.807) is 0 Å². The Bertz CT molecular complexity index is 358. The van der Waals surface area contributed by atoms with Gasteiger partial charge in [-0.05, 0) is 25.7 Å². The predicted octanol–water partition coefficient (Wildman–Crippen LogP) is 0.746. The molecule has 2 fully saturated rings. The Labute approximate surface area is 110 Å². The average Bonchev–Trinajstić information content (AvgIpc) is 2.40. The average molecular weight is 276 g/mol. The van der Waals surface area contributed by atoms with Gasteiger partial charge in [-0.2, -0.15) is 0 Å². The molecule has 106 valence electrons. The minimum atomic E-state index is -3.24. The van der Waals surface area contributed by atoms with Crippen molar-refractivity contribution < 1.29 is 13.2 Å². The lowest BCUT2D eigenvalue weighted by atomic mass is 9.92. The molecule has 0 unspecified atom stereocenters. The maximum Gasteiger partial charge on any atom is 0.215 e. The van der Waals surface area contributed by atoms with Crippen molar-refractivity contribution >= 4 is 10.0 Å². The standard InChI is InChI=1S/C12H24N2O3S/c13-10-12(6-8-17-9-7-12)14-18(15,16)11-4-2-1-3-5-11/h11,14H,1-10,13H2. The molecule has 5 nitrogen and oxygen atoms in total. The van der Waals surface area contributed by atoms with Gasteiger partial charge in [0.1, 0.15) is 0 Å². The number of rotatable bonds is 4. The maximum atomic E-state index is 12.4. The van der Waals surface area contributed by atoms with Crippen LogP contribution in [0, 0.1) is 0 Å². The second-order valence-corrected chi connectivity index (χ2v) is 7.46. The van der Waals surface area contributed by atoms with Gasteiger partial charge in [0.05, 0.1) is 5.25 Å². The van der Waals surface area contributed by atoms with Crippen molar-refractivity contribution in [2.75, 3.05) is 19.8 Å². The van der Waals surface area contributed by atoms with E-state index in [1.807, 2.05) is 0 Å². The molecule has 0 aromatic heterocycles. The predicted molar refractivity (Wildman–Crippen MR) is 70.8 cm³/mol. The Morgan fingerprint density at radius 2 is 1.78 bits per heavy atom. The summed E-state index contributed by atoms with van der Waals surface area (Å²) in [6.45, 7) is 1.52. The van der Waals surface area contributed by atoms with Crippen molar-refractivity contribution in [1.82, 2.24) is 4.72 Å². The molecular formula is C12H24N2O3S. The first-order valence-corrected chi connectivity index (χ1v) is 8.43. The zero-order valence-electron chi connectivity index (χ0n) is 10.9. The smallest absolute Gasteiger partial charge is 0.215 e. The van der Waals surface area contributed by atoms with Gasteiger partial charge in [-0.1, -0.05) is 19.3 Å². The maximum absolute atomic E-state index is 12.4. The first-order valence-electron chi connectivity index (χ1n) is 6.89. The first-order chi connectivity index (χ1) is 8.58. The van der Waals surface area contributed by atoms with Gasteiger partial charge in [0.25, 0.3) is 0 Å². The van der Waals surface area contributed by atoms with Crippen LogP contribution in [0.15, 0.2) is 0 Å². The summed E-state index contributed by atoms with van der Waals surface area (Å²) in [4.78, 5) is 0. The van der Waals surface area contributed by atoms with Gasteiger partial charge in [-0.25, -0.2) is 13.1 Å². The van der Waals surface area contributed by atoms with E-state index >= 15 is 0 Å². The van der Waals surface area contributed by atoms with Gasteiger partial charge < -0.3 is 10.5 Å². The normalized spacial score (nSPS) is 26.1. The fourth-order valence-electron chi connectivity index (χ4n) is 2.87. The molecule has 1 aliphatic carbocycles. The number of hydrogen-bond acceptors (Lipinski definition) is 4. The second-order valence-electron chi connectivity index (χ2n) is 5.50. The van der Waals surface area contributed by atoms with Crippen LogP contribution >= 0.6 is 0 Å². The van der Waals surface area contributed by atoms with Crippen LogP contribution in [-0.4, -0.2) is 39.0 Å². The van der Waals surface area contributed by atoms with Crippen molar-refractivity contribution in [3.63, 3.8) is 0 Å². The monoisotopic (exact) mass is 276 g/mol. The van der Waals surface area contributed by atoms with E-state index < -0.39 is 15.6 Å². The molecule has 1 heterocycles. The van der Waals surface area contributed by atoms with Crippen LogP contribution in [0.3, 0.4) is 0 Å². The fourth-order valence-corrected chi connectivity index (χ4v) is 4.88. The Kier molecular flexibility index (Phi) is 4.64. The zero-order chi connectivity index (χ0) is 13.1. The highest BCUT2D eigenvalue weighted by molar-refractivity contribution is 7.90. The highest BCUT2D eigenvalue weighted by Gasteiger charge is 2.38. The highest BCUT2D eigenvalue weighted by Crippen LogP contribution is 2.27. The van der Waals surface area contributed by atoms with Gasteiger partial charge in [-0.3, -0.25) is 0 Å². The van der Waals surface area contributed by atoms with Gasteiger partial charge in [0.15, 0.2) is 0 Å². The summed E-state index contributed by atoms with van der Waals surface area (Å²) < 4.78 is 33.0. The molecule has 2 rings (SSSR count). The number of hydrogen-bond donors (Lipinski definition) is 2. The molecule has 0 aromatic carbocycles. The molecular weight excluding hydrogens is 252 g/mol. The minimum Gasteiger partial charge on any atom is -0.381 e. The van der Waals surface area contributed by atoms with Gasteiger partial charge in [-0.15, -0.1) is 0 Å². The van der Waals surface area contributed by atoms with Crippen molar-refractivity contribution in [2.45, 2.75) is 55.7 Å². The van der Waals surface area contributed by atoms with E-state index in [0.29, 0.717) is 32.6 Å². The summed E-state index contributed by atoms with van der Waals surface area (Å²) in [5.41, 5.74) is 5.31. The summed E-state index contributed by atoms with van der Waals surface area (Å²) >= 11 is 0. The number of nitrogens with one attached hydrogen (secondary N) is 1. The summed E-state index contributed by atoms with van der Waals surface area (Å²) in [6.07, 6.45) is 6.11. The van der Waals surface area contributed by atoms with E-state index in [4.69, 9.17) is 10.5 Å². The lowest BCUT2D eigenvalue weighted by molar-refractivity contribution is 0.0500. The van der Waals surface area contributed by atoms with Crippen molar-refractivity contribution in [3.8, 4) is 0 Å². The molecule has 0 amide bonds. The Balaban J connectivity index is 2.05. The molecule has 0 radical (unpaired) electrons. The van der Waals surface area contributed by atoms with Crippen LogP contribution in [0.2, 0.25) is 0 Å². The third-order valence-corrected chi connectivity index (χ3v) is 6.26. The molecule has 3 N–H and O–H groups in total. The van der Waals surface area contributed by atoms with E-state index in [2.05, 4.69) is 4.72 Å². The van der Waals surface area contributed by atoms with E-state index in [1.165, 1.54) is 0 Å². The van der Waals surface area contributed by atoms with Crippen LogP contribution in [0.4, 0.5) is 0 Å². The van der Waals surface area contributed by atoms with Crippen LogP contribution in [-0.2, 0) is 14.8 Å². The number of nitrogens with two attached hydrogens (primary N) is 1. The van der Waals surface area contributed by atoms with Crippen LogP contribution < -0.4 is 10.5 Å². The third-order valence-electron chi connectivity index (χ3n) is 4.19. The van der Waals surface area contributed by atoms with E-state index in [-0.39, 0.29) is 5.25 Å². The lowest BCUT2D eigenvalue weighted by Gasteiger charge is -2.38. The summed E-state index contributed by atoms with van der Waals surface area (Å²) in [7, 11) is -3.24. The minimum absolute atomic E-state index is 0.225. The quantitative estimate of drug-likeness (QED) is 0.794. The van der Waals surface area contributed by atoms with Crippen LogP contribution in [0.25, 0.3) is 0 Å². The SMILES string of the molecule is NCC1(NS(=O)(=O)C2CCCCC2)CCOCC1. The largest absolute Gasteiger partial charge is 0.381 e.